The molecular weight excluding hydrogens is 186 g/mol. The summed E-state index contributed by atoms with van der Waals surface area (Å²) in [5.74, 6) is 0. The normalized spacial score (nSPS) is 10.8. The Kier molecular flexibility index (Phi) is 3.60. The molecule has 0 N–H and O–H groups in total. The third-order valence-electron chi connectivity index (χ3n) is 2.26. The average molecular weight is 200 g/mol. The number of hydrogen-bond acceptors (Lipinski definition) is 0. The van der Waals surface area contributed by atoms with E-state index in [-0.39, 0.29) is 6.04 Å². The standard InChI is InChI=1S/C10H14F2Si/c1-8-4-3-5-9(2)10(8)6-7-13(11)12/h3-5,13H,6-7H2,1-2H3. The van der Waals surface area contributed by atoms with Crippen molar-refractivity contribution in [1.29, 1.82) is 0 Å². The van der Waals surface area contributed by atoms with Gasteiger partial charge in [-0.05, 0) is 43.0 Å². The Bertz CT molecular complexity index is 264. The number of benzene rings is 1. The van der Waals surface area contributed by atoms with E-state index in [2.05, 4.69) is 0 Å². The number of hydrogen-bond donors (Lipinski definition) is 0. The van der Waals surface area contributed by atoms with Crippen molar-refractivity contribution in [2.24, 2.45) is 0 Å². The van der Waals surface area contributed by atoms with E-state index in [0.29, 0.717) is 6.42 Å². The van der Waals surface area contributed by atoms with Crippen LogP contribution in [0.5, 0.6) is 0 Å². The summed E-state index contributed by atoms with van der Waals surface area (Å²) in [6.45, 7) is 3.96. The summed E-state index contributed by atoms with van der Waals surface area (Å²) in [6, 6.07) is 6.03. The van der Waals surface area contributed by atoms with Crippen LogP contribution in [0.1, 0.15) is 16.7 Å². The van der Waals surface area contributed by atoms with Crippen molar-refractivity contribution in [2.45, 2.75) is 26.3 Å². The van der Waals surface area contributed by atoms with Crippen molar-refractivity contribution in [2.75, 3.05) is 0 Å². The fourth-order valence-electron chi connectivity index (χ4n) is 1.50. The quantitative estimate of drug-likeness (QED) is 0.520. The van der Waals surface area contributed by atoms with Crippen LogP contribution in [0.2, 0.25) is 6.04 Å². The van der Waals surface area contributed by atoms with Gasteiger partial charge in [-0.15, -0.1) is 0 Å². The summed E-state index contributed by atoms with van der Waals surface area (Å²) in [6.07, 6.45) is 0.544. The maximum absolute atomic E-state index is 12.1. The first-order valence-electron chi connectivity index (χ1n) is 4.44. The molecule has 0 amide bonds. The van der Waals surface area contributed by atoms with Gasteiger partial charge in [0.25, 0.3) is 0 Å². The Labute approximate surface area is 79.5 Å². The van der Waals surface area contributed by atoms with Crippen molar-refractivity contribution in [1.82, 2.24) is 0 Å². The van der Waals surface area contributed by atoms with Gasteiger partial charge >= 0.3 is 9.46 Å². The van der Waals surface area contributed by atoms with Gasteiger partial charge in [-0.25, -0.2) is 0 Å². The summed E-state index contributed by atoms with van der Waals surface area (Å²) >= 11 is 0. The van der Waals surface area contributed by atoms with Gasteiger partial charge in [0.05, 0.1) is 0 Å². The van der Waals surface area contributed by atoms with Crippen molar-refractivity contribution < 1.29 is 8.22 Å². The molecule has 0 fully saturated rings. The van der Waals surface area contributed by atoms with Crippen LogP contribution in [0.3, 0.4) is 0 Å². The lowest BCUT2D eigenvalue weighted by atomic mass is 10.0. The highest BCUT2D eigenvalue weighted by molar-refractivity contribution is 6.42. The molecule has 0 aromatic heterocycles. The molecule has 0 aliphatic carbocycles. The van der Waals surface area contributed by atoms with E-state index in [4.69, 9.17) is 0 Å². The van der Waals surface area contributed by atoms with Gasteiger partial charge in [0.15, 0.2) is 0 Å². The first-order chi connectivity index (χ1) is 6.11. The van der Waals surface area contributed by atoms with E-state index in [1.807, 2.05) is 32.0 Å². The van der Waals surface area contributed by atoms with E-state index >= 15 is 0 Å². The molecule has 0 saturated carbocycles. The number of halogens is 2. The minimum Gasteiger partial charge on any atom is -0.275 e. The molecule has 0 spiro atoms. The van der Waals surface area contributed by atoms with Gasteiger partial charge < -0.3 is 0 Å². The summed E-state index contributed by atoms with van der Waals surface area (Å²) < 4.78 is 24.2. The van der Waals surface area contributed by atoms with Gasteiger partial charge in [0.1, 0.15) is 0 Å². The molecule has 13 heavy (non-hydrogen) atoms. The molecule has 0 nitrogen and oxygen atoms in total. The van der Waals surface area contributed by atoms with Crippen LogP contribution in [0, 0.1) is 13.8 Å². The Hall–Kier alpha value is -0.703. The predicted octanol–water partition coefficient (Wildman–Crippen LogP) is 3.01. The third-order valence-corrected chi connectivity index (χ3v) is 2.98. The zero-order valence-corrected chi connectivity index (χ0v) is 9.13. The smallest absolute Gasteiger partial charge is 0.275 e. The summed E-state index contributed by atoms with van der Waals surface area (Å²) in [5.41, 5.74) is 3.37. The predicted molar refractivity (Wildman–Crippen MR) is 53.8 cm³/mol. The molecule has 0 aliphatic heterocycles. The molecule has 0 bridgehead atoms. The zero-order valence-electron chi connectivity index (χ0n) is 7.98. The summed E-state index contributed by atoms with van der Waals surface area (Å²) in [7, 11) is -3.38. The summed E-state index contributed by atoms with van der Waals surface area (Å²) in [4.78, 5) is 0. The number of aryl methyl sites for hydroxylation is 2. The highest BCUT2D eigenvalue weighted by atomic mass is 28.4. The van der Waals surface area contributed by atoms with Crippen LogP contribution in [0.15, 0.2) is 18.2 Å². The van der Waals surface area contributed by atoms with Gasteiger partial charge in [-0.1, -0.05) is 18.2 Å². The summed E-state index contributed by atoms with van der Waals surface area (Å²) in [5, 5.41) is 0. The van der Waals surface area contributed by atoms with Crippen LogP contribution in [0.4, 0.5) is 8.22 Å². The van der Waals surface area contributed by atoms with Crippen molar-refractivity contribution in [3.63, 3.8) is 0 Å². The highest BCUT2D eigenvalue weighted by Gasteiger charge is 2.09. The molecule has 0 heterocycles. The van der Waals surface area contributed by atoms with Crippen LogP contribution >= 0.6 is 0 Å². The first kappa shape index (κ1) is 10.4. The molecule has 72 valence electrons. The fraction of sp³-hybridized carbons (Fsp3) is 0.400. The second-order valence-corrected chi connectivity index (χ2v) is 4.66. The van der Waals surface area contributed by atoms with Crippen LogP contribution in [-0.2, 0) is 6.42 Å². The van der Waals surface area contributed by atoms with Crippen LogP contribution in [0.25, 0.3) is 0 Å². The van der Waals surface area contributed by atoms with E-state index in [0.717, 1.165) is 16.7 Å². The second kappa shape index (κ2) is 4.51. The molecule has 3 heteroatoms. The average Bonchev–Trinajstić information content (AvgIpc) is 2.03. The second-order valence-electron chi connectivity index (χ2n) is 3.30. The molecule has 0 radical (unpaired) electrons. The van der Waals surface area contributed by atoms with Gasteiger partial charge in [0, 0.05) is 0 Å². The van der Waals surface area contributed by atoms with E-state index in [1.165, 1.54) is 0 Å². The minimum atomic E-state index is -3.38. The van der Waals surface area contributed by atoms with Crippen molar-refractivity contribution in [3.8, 4) is 0 Å². The lowest BCUT2D eigenvalue weighted by molar-refractivity contribution is 0.649. The Morgan fingerprint density at radius 3 is 2.15 bits per heavy atom. The van der Waals surface area contributed by atoms with E-state index in [1.54, 1.807) is 0 Å². The molecule has 1 rings (SSSR count). The number of rotatable bonds is 3. The fourth-order valence-corrected chi connectivity index (χ4v) is 2.00. The minimum absolute atomic E-state index is 0.103. The highest BCUT2D eigenvalue weighted by Crippen LogP contribution is 2.16. The van der Waals surface area contributed by atoms with E-state index in [9.17, 15) is 8.22 Å². The first-order valence-corrected chi connectivity index (χ1v) is 6.13. The Balaban J connectivity index is 2.75. The molecule has 1 aromatic rings. The largest absolute Gasteiger partial charge is 0.411 e. The van der Waals surface area contributed by atoms with Crippen molar-refractivity contribution >= 4 is 9.46 Å². The van der Waals surface area contributed by atoms with Gasteiger partial charge in [-0.2, -0.15) is 0 Å². The SMILES string of the molecule is Cc1cccc(C)c1CC[SiH](F)F. The monoisotopic (exact) mass is 200 g/mol. The molecular formula is C10H14F2Si. The van der Waals surface area contributed by atoms with Gasteiger partial charge in [0.2, 0.25) is 0 Å². The van der Waals surface area contributed by atoms with E-state index < -0.39 is 9.46 Å². The Morgan fingerprint density at radius 1 is 1.15 bits per heavy atom. The lowest BCUT2D eigenvalue weighted by Crippen LogP contribution is -2.01. The maximum atomic E-state index is 12.1. The molecule has 0 atom stereocenters. The maximum Gasteiger partial charge on any atom is 0.411 e. The van der Waals surface area contributed by atoms with Crippen LogP contribution < -0.4 is 0 Å². The molecule has 0 aliphatic rings. The van der Waals surface area contributed by atoms with Gasteiger partial charge in [-0.3, -0.25) is 8.22 Å². The lowest BCUT2D eigenvalue weighted by Gasteiger charge is -2.08. The molecule has 0 unspecified atom stereocenters. The third kappa shape index (κ3) is 2.92. The molecule has 1 aromatic carbocycles. The van der Waals surface area contributed by atoms with Crippen molar-refractivity contribution in [3.05, 3.63) is 34.9 Å². The molecule has 0 saturated heterocycles. The zero-order chi connectivity index (χ0) is 9.84. The van der Waals surface area contributed by atoms with Crippen LogP contribution in [-0.4, -0.2) is 9.46 Å². The Morgan fingerprint density at radius 2 is 1.69 bits per heavy atom. The topological polar surface area (TPSA) is 0 Å².